The molecule has 7 nitrogen and oxygen atoms in total. The SMILES string of the molecule is CCNC(=NCC1CCN(CC(F)(F)F)C1)N1CCN(c2ncccn2)CC1. The van der Waals surface area contributed by atoms with Gasteiger partial charge in [0.25, 0.3) is 0 Å². The van der Waals surface area contributed by atoms with Crippen LogP contribution in [-0.4, -0.2) is 90.8 Å². The molecule has 1 unspecified atom stereocenters. The smallest absolute Gasteiger partial charge is 0.357 e. The van der Waals surface area contributed by atoms with E-state index < -0.39 is 12.7 Å². The fraction of sp³-hybridized carbons (Fsp3) is 0.722. The van der Waals surface area contributed by atoms with Gasteiger partial charge in [0.15, 0.2) is 5.96 Å². The Kier molecular flexibility index (Phi) is 6.93. The van der Waals surface area contributed by atoms with Gasteiger partial charge in [-0.25, -0.2) is 9.97 Å². The van der Waals surface area contributed by atoms with Gasteiger partial charge in [-0.3, -0.25) is 9.89 Å². The Labute approximate surface area is 163 Å². The maximum absolute atomic E-state index is 12.5. The molecule has 1 aromatic rings. The van der Waals surface area contributed by atoms with Gasteiger partial charge in [-0.15, -0.1) is 0 Å². The number of piperazine rings is 1. The molecule has 2 aliphatic rings. The van der Waals surface area contributed by atoms with Gasteiger partial charge in [0.05, 0.1) is 6.54 Å². The van der Waals surface area contributed by atoms with Crippen LogP contribution in [0, 0.1) is 5.92 Å². The third-order valence-electron chi connectivity index (χ3n) is 5.02. The number of alkyl halides is 3. The monoisotopic (exact) mass is 399 g/mol. The minimum atomic E-state index is -4.13. The molecule has 1 aromatic heterocycles. The number of hydrogen-bond acceptors (Lipinski definition) is 5. The Morgan fingerprint density at radius 2 is 1.89 bits per heavy atom. The number of nitrogens with one attached hydrogen (secondary N) is 1. The Hall–Kier alpha value is -2.10. The number of anilines is 1. The predicted molar refractivity (Wildman–Crippen MR) is 102 cm³/mol. The second-order valence-electron chi connectivity index (χ2n) is 7.22. The number of hydrogen-bond donors (Lipinski definition) is 1. The molecular formula is C18H28F3N7. The van der Waals surface area contributed by atoms with E-state index in [2.05, 4.69) is 25.1 Å². The molecule has 1 atom stereocenters. The number of guanidine groups is 1. The van der Waals surface area contributed by atoms with Crippen LogP contribution in [0.3, 0.4) is 0 Å². The van der Waals surface area contributed by atoms with Crippen LogP contribution in [0.25, 0.3) is 0 Å². The lowest BCUT2D eigenvalue weighted by Crippen LogP contribution is -2.53. The van der Waals surface area contributed by atoms with Crippen molar-refractivity contribution in [3.63, 3.8) is 0 Å². The van der Waals surface area contributed by atoms with Crippen LogP contribution in [0.4, 0.5) is 19.1 Å². The van der Waals surface area contributed by atoms with E-state index >= 15 is 0 Å². The fourth-order valence-electron chi connectivity index (χ4n) is 3.67. The van der Waals surface area contributed by atoms with Crippen molar-refractivity contribution in [1.82, 2.24) is 25.1 Å². The normalized spacial score (nSPS) is 22.0. The summed E-state index contributed by atoms with van der Waals surface area (Å²) in [5.41, 5.74) is 0. The first-order chi connectivity index (χ1) is 13.4. The molecule has 2 saturated heterocycles. The van der Waals surface area contributed by atoms with Crippen LogP contribution < -0.4 is 10.2 Å². The summed E-state index contributed by atoms with van der Waals surface area (Å²) < 4.78 is 37.6. The molecule has 0 spiro atoms. The maximum Gasteiger partial charge on any atom is 0.401 e. The zero-order chi connectivity index (χ0) is 20.0. The van der Waals surface area contributed by atoms with Crippen LogP contribution in [-0.2, 0) is 0 Å². The Morgan fingerprint density at radius 1 is 1.18 bits per heavy atom. The summed E-state index contributed by atoms with van der Waals surface area (Å²) in [6.07, 6.45) is 0.112. The summed E-state index contributed by atoms with van der Waals surface area (Å²) in [6, 6.07) is 1.80. The lowest BCUT2D eigenvalue weighted by molar-refractivity contribution is -0.143. The molecular weight excluding hydrogens is 371 g/mol. The van der Waals surface area contributed by atoms with E-state index in [-0.39, 0.29) is 5.92 Å². The standard InChI is InChI=1S/C18H28F3N7/c1-2-22-16(25-12-15-4-7-26(13-15)14-18(19,20)21)27-8-10-28(11-9-27)17-23-5-3-6-24-17/h3,5-6,15H,2,4,7-14H2,1H3,(H,22,25). The summed E-state index contributed by atoms with van der Waals surface area (Å²) in [5.74, 6) is 1.75. The van der Waals surface area contributed by atoms with E-state index in [1.807, 2.05) is 6.92 Å². The van der Waals surface area contributed by atoms with E-state index in [4.69, 9.17) is 4.99 Å². The minimum absolute atomic E-state index is 0.176. The lowest BCUT2D eigenvalue weighted by atomic mass is 10.1. The van der Waals surface area contributed by atoms with Gasteiger partial charge in [0, 0.05) is 58.2 Å². The number of aromatic nitrogens is 2. The predicted octanol–water partition coefficient (Wildman–Crippen LogP) is 1.45. The molecule has 28 heavy (non-hydrogen) atoms. The number of aliphatic imine (C=N–C) groups is 1. The second kappa shape index (κ2) is 9.40. The van der Waals surface area contributed by atoms with Crippen molar-refractivity contribution in [3.05, 3.63) is 18.5 Å². The highest BCUT2D eigenvalue weighted by molar-refractivity contribution is 5.80. The van der Waals surface area contributed by atoms with Gasteiger partial charge in [0.2, 0.25) is 5.95 Å². The topological polar surface area (TPSA) is 59.9 Å². The van der Waals surface area contributed by atoms with Crippen molar-refractivity contribution in [3.8, 4) is 0 Å². The highest BCUT2D eigenvalue weighted by atomic mass is 19.4. The van der Waals surface area contributed by atoms with Gasteiger partial charge >= 0.3 is 6.18 Å². The summed E-state index contributed by atoms with van der Waals surface area (Å²) in [5, 5.41) is 3.31. The molecule has 0 saturated carbocycles. The van der Waals surface area contributed by atoms with E-state index in [0.29, 0.717) is 19.6 Å². The quantitative estimate of drug-likeness (QED) is 0.598. The zero-order valence-corrected chi connectivity index (χ0v) is 16.2. The molecule has 0 aromatic carbocycles. The van der Waals surface area contributed by atoms with E-state index in [1.54, 1.807) is 18.5 Å². The van der Waals surface area contributed by atoms with Crippen molar-refractivity contribution in [2.24, 2.45) is 10.9 Å². The second-order valence-corrected chi connectivity index (χ2v) is 7.22. The van der Waals surface area contributed by atoms with Crippen LogP contribution in [0.1, 0.15) is 13.3 Å². The average Bonchev–Trinajstić information content (AvgIpc) is 3.11. The number of rotatable bonds is 5. The Morgan fingerprint density at radius 3 is 2.54 bits per heavy atom. The van der Waals surface area contributed by atoms with Crippen LogP contribution in [0.5, 0.6) is 0 Å². The third-order valence-corrected chi connectivity index (χ3v) is 5.02. The van der Waals surface area contributed by atoms with E-state index in [0.717, 1.165) is 51.1 Å². The van der Waals surface area contributed by atoms with Crippen LogP contribution in [0.2, 0.25) is 0 Å². The molecule has 3 heterocycles. The van der Waals surface area contributed by atoms with Gasteiger partial charge in [-0.05, 0) is 31.9 Å². The third kappa shape index (κ3) is 5.95. The van der Waals surface area contributed by atoms with Gasteiger partial charge in [-0.1, -0.05) is 0 Å². The Bertz CT molecular complexity index is 630. The van der Waals surface area contributed by atoms with E-state index in [1.165, 1.54) is 4.90 Å². The van der Waals surface area contributed by atoms with Crippen molar-refractivity contribution in [1.29, 1.82) is 0 Å². The molecule has 0 aliphatic carbocycles. The Balaban J connectivity index is 1.51. The highest BCUT2D eigenvalue weighted by Gasteiger charge is 2.34. The van der Waals surface area contributed by atoms with Crippen LogP contribution in [0.15, 0.2) is 23.5 Å². The first kappa shape index (κ1) is 20.6. The van der Waals surface area contributed by atoms with Crippen molar-refractivity contribution in [2.75, 3.05) is 63.8 Å². The summed E-state index contributed by atoms with van der Waals surface area (Å²) in [4.78, 5) is 19.1. The summed E-state index contributed by atoms with van der Waals surface area (Å²) >= 11 is 0. The molecule has 2 aliphatic heterocycles. The number of halogens is 3. The van der Waals surface area contributed by atoms with Crippen molar-refractivity contribution >= 4 is 11.9 Å². The van der Waals surface area contributed by atoms with Gasteiger partial charge < -0.3 is 15.1 Å². The molecule has 156 valence electrons. The van der Waals surface area contributed by atoms with Crippen molar-refractivity contribution < 1.29 is 13.2 Å². The number of likely N-dealkylation sites (tertiary alicyclic amines) is 1. The zero-order valence-electron chi connectivity index (χ0n) is 16.2. The minimum Gasteiger partial charge on any atom is -0.357 e. The molecule has 2 fully saturated rings. The summed E-state index contributed by atoms with van der Waals surface area (Å²) in [6.45, 7) is 6.66. The highest BCUT2D eigenvalue weighted by Crippen LogP contribution is 2.23. The van der Waals surface area contributed by atoms with Gasteiger partial charge in [-0.2, -0.15) is 13.2 Å². The summed E-state index contributed by atoms with van der Waals surface area (Å²) in [7, 11) is 0. The maximum atomic E-state index is 12.5. The van der Waals surface area contributed by atoms with Crippen molar-refractivity contribution in [2.45, 2.75) is 19.5 Å². The molecule has 10 heteroatoms. The molecule has 0 radical (unpaired) electrons. The van der Waals surface area contributed by atoms with Gasteiger partial charge in [0.1, 0.15) is 0 Å². The fourth-order valence-corrected chi connectivity index (χ4v) is 3.67. The lowest BCUT2D eigenvalue weighted by Gasteiger charge is -2.36. The molecule has 0 amide bonds. The first-order valence-electron chi connectivity index (χ1n) is 9.79. The van der Waals surface area contributed by atoms with Crippen LogP contribution >= 0.6 is 0 Å². The van der Waals surface area contributed by atoms with E-state index in [9.17, 15) is 13.2 Å². The average molecular weight is 399 g/mol. The molecule has 1 N–H and O–H groups in total. The molecule has 3 rings (SSSR count). The first-order valence-corrected chi connectivity index (χ1v) is 9.79. The molecule has 0 bridgehead atoms. The number of nitrogens with zero attached hydrogens (tertiary/aromatic N) is 6. The largest absolute Gasteiger partial charge is 0.401 e.